The van der Waals surface area contributed by atoms with E-state index < -0.39 is 0 Å². The third-order valence-corrected chi connectivity index (χ3v) is 5.76. The predicted molar refractivity (Wildman–Crippen MR) is 106 cm³/mol. The summed E-state index contributed by atoms with van der Waals surface area (Å²) in [5, 5.41) is 12.0. The van der Waals surface area contributed by atoms with E-state index in [-0.39, 0.29) is 10.8 Å². The summed E-state index contributed by atoms with van der Waals surface area (Å²) in [5.41, 5.74) is 7.14. The van der Waals surface area contributed by atoms with Gasteiger partial charge in [0.15, 0.2) is 0 Å². The number of benzene rings is 1. The van der Waals surface area contributed by atoms with Crippen molar-refractivity contribution in [1.29, 1.82) is 0 Å². The number of aryl methyl sites for hydroxylation is 1. The van der Waals surface area contributed by atoms with E-state index >= 15 is 0 Å². The maximum Gasteiger partial charge on any atom is 0.221 e. The summed E-state index contributed by atoms with van der Waals surface area (Å²) in [6, 6.07) is 6.60. The topological polar surface area (TPSA) is 54.7 Å². The smallest absolute Gasteiger partial charge is 0.221 e. The molecule has 0 radical (unpaired) electrons. The molecule has 0 spiro atoms. The zero-order valence-electron chi connectivity index (χ0n) is 16.6. The molecule has 0 aliphatic heterocycles. The van der Waals surface area contributed by atoms with Crippen molar-refractivity contribution in [2.75, 3.05) is 7.11 Å². The first-order valence-electron chi connectivity index (χ1n) is 9.07. The summed E-state index contributed by atoms with van der Waals surface area (Å²) in [6.07, 6.45) is 5.39. The number of oxime groups is 1. The van der Waals surface area contributed by atoms with E-state index in [0.29, 0.717) is 5.88 Å². The van der Waals surface area contributed by atoms with Crippen LogP contribution in [0.3, 0.4) is 0 Å². The van der Waals surface area contributed by atoms with Crippen LogP contribution in [0.2, 0.25) is 0 Å². The highest BCUT2D eigenvalue weighted by Gasteiger charge is 2.37. The standard InChI is InChI=1S/C22H28N2O2/c1-14-9-18-19(22(4,5)8-7-21(18,2)3)11-16(14)17-10-15(13-24-25)12-23-20(17)26-6/h9-13,25H,7-8H2,1-6H3. The molecule has 0 bridgehead atoms. The number of fused-ring (bicyclic) bond motifs is 1. The Morgan fingerprint density at radius 1 is 1.04 bits per heavy atom. The van der Waals surface area contributed by atoms with E-state index in [9.17, 15) is 0 Å². The Morgan fingerprint density at radius 3 is 2.23 bits per heavy atom. The zero-order chi connectivity index (χ0) is 19.1. The monoisotopic (exact) mass is 352 g/mol. The van der Waals surface area contributed by atoms with Crippen LogP contribution in [0.15, 0.2) is 29.6 Å². The maximum atomic E-state index is 8.86. The Labute approximate surface area is 155 Å². The quantitative estimate of drug-likeness (QED) is 0.468. The molecule has 0 unspecified atom stereocenters. The number of nitrogens with zero attached hydrogens (tertiary/aromatic N) is 2. The second-order valence-corrected chi connectivity index (χ2v) is 8.55. The normalized spacial score (nSPS) is 17.9. The molecule has 4 heteroatoms. The summed E-state index contributed by atoms with van der Waals surface area (Å²) in [4.78, 5) is 4.39. The molecule has 2 aromatic rings. The predicted octanol–water partition coefficient (Wildman–Crippen LogP) is 5.22. The minimum absolute atomic E-state index is 0.137. The number of hydrogen-bond acceptors (Lipinski definition) is 4. The fraction of sp³-hybridized carbons (Fsp3) is 0.455. The van der Waals surface area contributed by atoms with Crippen molar-refractivity contribution in [3.63, 3.8) is 0 Å². The number of ether oxygens (including phenoxy) is 1. The fourth-order valence-electron chi connectivity index (χ4n) is 3.97. The minimum Gasteiger partial charge on any atom is -0.481 e. The SMILES string of the molecule is COc1ncc(C=NO)cc1-c1cc2c(cc1C)C(C)(C)CCC2(C)C. The van der Waals surface area contributed by atoms with E-state index in [1.807, 2.05) is 6.07 Å². The molecule has 0 atom stereocenters. The van der Waals surface area contributed by atoms with Gasteiger partial charge < -0.3 is 9.94 Å². The lowest BCUT2D eigenvalue weighted by Gasteiger charge is -2.42. The Bertz CT molecular complexity index is 867. The van der Waals surface area contributed by atoms with Crippen LogP contribution < -0.4 is 4.74 Å². The molecule has 1 aromatic carbocycles. The van der Waals surface area contributed by atoms with Gasteiger partial charge in [-0.25, -0.2) is 4.98 Å². The first-order chi connectivity index (χ1) is 12.2. The molecular weight excluding hydrogens is 324 g/mol. The molecule has 1 aromatic heterocycles. The molecule has 1 aliphatic rings. The summed E-state index contributed by atoms with van der Waals surface area (Å²) >= 11 is 0. The molecular formula is C22H28N2O2. The van der Waals surface area contributed by atoms with Crippen molar-refractivity contribution in [3.8, 4) is 17.0 Å². The highest BCUT2D eigenvalue weighted by molar-refractivity contribution is 5.84. The molecule has 0 amide bonds. The lowest BCUT2D eigenvalue weighted by molar-refractivity contribution is 0.322. The zero-order valence-corrected chi connectivity index (χ0v) is 16.6. The van der Waals surface area contributed by atoms with Crippen LogP contribution in [0.5, 0.6) is 5.88 Å². The van der Waals surface area contributed by atoms with Gasteiger partial charge >= 0.3 is 0 Å². The molecule has 1 aliphatic carbocycles. The highest BCUT2D eigenvalue weighted by Crippen LogP contribution is 2.48. The average Bonchev–Trinajstić information content (AvgIpc) is 2.59. The minimum atomic E-state index is 0.137. The highest BCUT2D eigenvalue weighted by atomic mass is 16.5. The molecule has 26 heavy (non-hydrogen) atoms. The van der Waals surface area contributed by atoms with Crippen LogP contribution in [0.4, 0.5) is 0 Å². The molecule has 138 valence electrons. The number of rotatable bonds is 3. The van der Waals surface area contributed by atoms with Crippen LogP contribution in [0, 0.1) is 6.92 Å². The molecule has 1 heterocycles. The molecule has 3 rings (SSSR count). The molecule has 0 saturated carbocycles. The van der Waals surface area contributed by atoms with Crippen molar-refractivity contribution in [1.82, 2.24) is 4.98 Å². The van der Waals surface area contributed by atoms with Gasteiger partial charge in [-0.15, -0.1) is 0 Å². The van der Waals surface area contributed by atoms with Crippen LogP contribution in [-0.4, -0.2) is 23.5 Å². The lowest BCUT2D eigenvalue weighted by Crippen LogP contribution is -2.34. The van der Waals surface area contributed by atoms with Gasteiger partial charge in [0.05, 0.1) is 13.3 Å². The van der Waals surface area contributed by atoms with Gasteiger partial charge in [0.1, 0.15) is 0 Å². The summed E-state index contributed by atoms with van der Waals surface area (Å²) in [7, 11) is 1.63. The molecule has 4 nitrogen and oxygen atoms in total. The number of pyridine rings is 1. The molecule has 0 fully saturated rings. The van der Waals surface area contributed by atoms with Crippen LogP contribution in [0.1, 0.15) is 62.8 Å². The second-order valence-electron chi connectivity index (χ2n) is 8.55. The van der Waals surface area contributed by atoms with Crippen LogP contribution in [0.25, 0.3) is 11.1 Å². The number of methoxy groups -OCH3 is 1. The van der Waals surface area contributed by atoms with E-state index in [1.54, 1.807) is 13.3 Å². The number of hydrogen-bond donors (Lipinski definition) is 1. The van der Waals surface area contributed by atoms with E-state index in [1.165, 1.54) is 35.7 Å². The van der Waals surface area contributed by atoms with Gasteiger partial charge in [-0.1, -0.05) is 38.9 Å². The van der Waals surface area contributed by atoms with Gasteiger partial charge in [-0.2, -0.15) is 0 Å². The maximum absolute atomic E-state index is 8.86. The second kappa shape index (κ2) is 6.42. The lowest BCUT2D eigenvalue weighted by atomic mass is 9.62. The first-order valence-corrected chi connectivity index (χ1v) is 9.07. The third kappa shape index (κ3) is 3.09. The van der Waals surface area contributed by atoms with Gasteiger partial charge in [-0.3, -0.25) is 0 Å². The third-order valence-electron chi connectivity index (χ3n) is 5.76. The van der Waals surface area contributed by atoms with Crippen molar-refractivity contribution >= 4 is 6.21 Å². The van der Waals surface area contributed by atoms with Gasteiger partial charge in [-0.05, 0) is 65.0 Å². The Kier molecular flexibility index (Phi) is 4.55. The Hall–Kier alpha value is -2.36. The number of aromatic nitrogens is 1. The van der Waals surface area contributed by atoms with Crippen molar-refractivity contribution in [2.45, 2.75) is 58.3 Å². The van der Waals surface area contributed by atoms with E-state index in [0.717, 1.165) is 16.7 Å². The first kappa shape index (κ1) is 18.4. The van der Waals surface area contributed by atoms with Crippen molar-refractivity contribution in [2.24, 2.45) is 5.16 Å². The average molecular weight is 352 g/mol. The Balaban J connectivity index is 2.27. The summed E-state index contributed by atoms with van der Waals surface area (Å²) < 4.78 is 5.51. The van der Waals surface area contributed by atoms with Crippen LogP contribution >= 0.6 is 0 Å². The largest absolute Gasteiger partial charge is 0.481 e. The summed E-state index contributed by atoms with van der Waals surface area (Å²) in [6.45, 7) is 11.5. The van der Waals surface area contributed by atoms with Crippen molar-refractivity contribution in [3.05, 3.63) is 46.6 Å². The van der Waals surface area contributed by atoms with Gasteiger partial charge in [0.25, 0.3) is 0 Å². The van der Waals surface area contributed by atoms with Crippen LogP contribution in [-0.2, 0) is 10.8 Å². The van der Waals surface area contributed by atoms with Gasteiger partial charge in [0.2, 0.25) is 5.88 Å². The molecule has 0 saturated heterocycles. The van der Waals surface area contributed by atoms with E-state index in [4.69, 9.17) is 9.94 Å². The van der Waals surface area contributed by atoms with E-state index in [2.05, 4.69) is 56.9 Å². The van der Waals surface area contributed by atoms with Gasteiger partial charge in [0, 0.05) is 17.3 Å². The fourth-order valence-corrected chi connectivity index (χ4v) is 3.97. The van der Waals surface area contributed by atoms with Crippen molar-refractivity contribution < 1.29 is 9.94 Å². The molecule has 1 N–H and O–H groups in total. The Morgan fingerprint density at radius 2 is 1.65 bits per heavy atom. The summed E-state index contributed by atoms with van der Waals surface area (Å²) in [5.74, 6) is 0.580.